The molecule has 39 heavy (non-hydrogen) atoms. The Balaban J connectivity index is 1.47. The first-order chi connectivity index (χ1) is 18.5. The van der Waals surface area contributed by atoms with Crippen molar-refractivity contribution in [1.82, 2.24) is 9.62 Å². The van der Waals surface area contributed by atoms with Crippen LogP contribution in [0.2, 0.25) is 0 Å². The third kappa shape index (κ3) is 6.57. The number of hydrogen-bond acceptors (Lipinski definition) is 4. The SMILES string of the molecule is Cc1cc(C)c(S(=O)(=O)N2CCC(C(=O)NC(C(=O)Nc3ccc(Br)cc3F)c3ccccc3)CC2)c(C)c1. The summed E-state index contributed by atoms with van der Waals surface area (Å²) in [6.07, 6.45) is 0.638. The van der Waals surface area contributed by atoms with Crippen LogP contribution in [0, 0.1) is 32.5 Å². The van der Waals surface area contributed by atoms with Crippen LogP contribution in [-0.4, -0.2) is 37.6 Å². The zero-order valence-corrected chi connectivity index (χ0v) is 24.4. The predicted molar refractivity (Wildman–Crippen MR) is 152 cm³/mol. The number of halogens is 2. The van der Waals surface area contributed by atoms with Gasteiger partial charge >= 0.3 is 0 Å². The first-order valence-corrected chi connectivity index (χ1v) is 14.9. The summed E-state index contributed by atoms with van der Waals surface area (Å²) in [7, 11) is -3.71. The molecule has 10 heteroatoms. The van der Waals surface area contributed by atoms with E-state index in [9.17, 15) is 22.4 Å². The molecule has 4 rings (SSSR count). The van der Waals surface area contributed by atoms with Gasteiger partial charge in [0.15, 0.2) is 0 Å². The molecule has 1 heterocycles. The molecule has 2 amide bonds. The smallest absolute Gasteiger partial charge is 0.251 e. The van der Waals surface area contributed by atoms with E-state index in [0.29, 0.717) is 38.9 Å². The second-order valence-corrected chi connectivity index (χ2v) is 12.7. The summed E-state index contributed by atoms with van der Waals surface area (Å²) in [6, 6.07) is 15.7. The summed E-state index contributed by atoms with van der Waals surface area (Å²) in [4.78, 5) is 26.8. The Morgan fingerprint density at radius 2 is 1.59 bits per heavy atom. The number of piperidine rings is 1. The minimum absolute atomic E-state index is 0.00131. The van der Waals surface area contributed by atoms with E-state index in [-0.39, 0.29) is 24.7 Å². The lowest BCUT2D eigenvalue weighted by Gasteiger charge is -2.32. The van der Waals surface area contributed by atoms with Gasteiger partial charge in [-0.25, -0.2) is 12.8 Å². The molecule has 1 aliphatic rings. The van der Waals surface area contributed by atoms with E-state index >= 15 is 0 Å². The van der Waals surface area contributed by atoms with Crippen LogP contribution in [0.4, 0.5) is 10.1 Å². The number of amides is 2. The molecule has 1 fully saturated rings. The molecule has 0 aliphatic carbocycles. The van der Waals surface area contributed by atoms with Gasteiger partial charge in [-0.15, -0.1) is 0 Å². The molecule has 2 N–H and O–H groups in total. The fourth-order valence-corrected chi connectivity index (χ4v) is 7.28. The highest BCUT2D eigenvalue weighted by atomic mass is 79.9. The molecule has 1 atom stereocenters. The molecule has 206 valence electrons. The summed E-state index contributed by atoms with van der Waals surface area (Å²) in [6.45, 7) is 5.90. The Hall–Kier alpha value is -3.08. The lowest BCUT2D eigenvalue weighted by atomic mass is 9.96. The standard InChI is InChI=1S/C29H31BrFN3O4S/c1-18-15-19(2)27(20(3)16-18)39(37,38)34-13-11-22(12-14-34)28(35)33-26(21-7-5-4-6-8-21)29(36)32-25-10-9-23(30)17-24(25)31/h4-10,15-17,22,26H,11-14H2,1-3H3,(H,32,36)(H,33,35). The molecular weight excluding hydrogens is 585 g/mol. The maximum absolute atomic E-state index is 14.4. The van der Waals surface area contributed by atoms with E-state index < -0.39 is 33.7 Å². The quantitative estimate of drug-likeness (QED) is 0.371. The minimum atomic E-state index is -3.71. The average Bonchev–Trinajstić information content (AvgIpc) is 2.88. The van der Waals surface area contributed by atoms with E-state index in [1.165, 1.54) is 16.4 Å². The first kappa shape index (κ1) is 28.9. The summed E-state index contributed by atoms with van der Waals surface area (Å²) in [5, 5.41) is 5.38. The molecule has 0 saturated carbocycles. The van der Waals surface area contributed by atoms with Gasteiger partial charge in [0.25, 0.3) is 5.91 Å². The maximum Gasteiger partial charge on any atom is 0.251 e. The molecule has 0 spiro atoms. The van der Waals surface area contributed by atoms with E-state index in [4.69, 9.17) is 0 Å². The Labute approximate surface area is 237 Å². The van der Waals surface area contributed by atoms with E-state index in [2.05, 4.69) is 26.6 Å². The number of hydrogen-bond donors (Lipinski definition) is 2. The molecule has 1 unspecified atom stereocenters. The lowest BCUT2D eigenvalue weighted by molar-refractivity contribution is -0.130. The third-order valence-electron chi connectivity index (χ3n) is 6.90. The Bertz CT molecular complexity index is 1470. The van der Waals surface area contributed by atoms with Crippen molar-refractivity contribution in [3.63, 3.8) is 0 Å². The van der Waals surface area contributed by atoms with Crippen molar-refractivity contribution >= 4 is 43.5 Å². The number of carbonyl (C=O) groups is 2. The summed E-state index contributed by atoms with van der Waals surface area (Å²) in [5.74, 6) is -2.01. The number of anilines is 1. The zero-order valence-electron chi connectivity index (χ0n) is 22.0. The van der Waals surface area contributed by atoms with Gasteiger partial charge in [0.2, 0.25) is 15.9 Å². The van der Waals surface area contributed by atoms with Crippen LogP contribution in [0.25, 0.3) is 0 Å². The van der Waals surface area contributed by atoms with Crippen LogP contribution in [0.3, 0.4) is 0 Å². The molecular formula is C29H31BrFN3O4S. The lowest BCUT2D eigenvalue weighted by Crippen LogP contribution is -2.45. The summed E-state index contributed by atoms with van der Waals surface area (Å²) in [5.41, 5.74) is 2.95. The molecule has 3 aromatic carbocycles. The minimum Gasteiger partial charge on any atom is -0.340 e. The highest BCUT2D eigenvalue weighted by Gasteiger charge is 2.35. The normalized spacial score (nSPS) is 15.5. The number of nitrogens with zero attached hydrogens (tertiary/aromatic N) is 1. The monoisotopic (exact) mass is 615 g/mol. The van der Waals surface area contributed by atoms with Crippen molar-refractivity contribution in [3.8, 4) is 0 Å². The van der Waals surface area contributed by atoms with Crippen LogP contribution in [-0.2, 0) is 19.6 Å². The second kappa shape index (κ2) is 12.0. The largest absolute Gasteiger partial charge is 0.340 e. The van der Waals surface area contributed by atoms with Gasteiger partial charge in [0.1, 0.15) is 11.9 Å². The summed E-state index contributed by atoms with van der Waals surface area (Å²) >= 11 is 3.19. The van der Waals surface area contributed by atoms with Crippen LogP contribution in [0.1, 0.15) is 41.1 Å². The molecule has 1 saturated heterocycles. The molecule has 7 nitrogen and oxygen atoms in total. The van der Waals surface area contributed by atoms with Crippen molar-refractivity contribution < 1.29 is 22.4 Å². The van der Waals surface area contributed by atoms with E-state index in [1.54, 1.807) is 50.2 Å². The number of carbonyl (C=O) groups excluding carboxylic acids is 2. The average molecular weight is 617 g/mol. The Kier molecular flexibility index (Phi) is 8.88. The highest BCUT2D eigenvalue weighted by molar-refractivity contribution is 9.10. The number of aryl methyl sites for hydroxylation is 3. The van der Waals surface area contributed by atoms with Crippen molar-refractivity contribution in [2.75, 3.05) is 18.4 Å². The predicted octanol–water partition coefficient (Wildman–Crippen LogP) is 5.41. The molecule has 3 aromatic rings. The first-order valence-electron chi connectivity index (χ1n) is 12.7. The van der Waals surface area contributed by atoms with E-state index in [1.807, 2.05) is 19.1 Å². The van der Waals surface area contributed by atoms with Crippen LogP contribution >= 0.6 is 15.9 Å². The van der Waals surface area contributed by atoms with Crippen LogP contribution < -0.4 is 10.6 Å². The van der Waals surface area contributed by atoms with Crippen LogP contribution in [0.15, 0.2) is 70.0 Å². The summed E-state index contributed by atoms with van der Waals surface area (Å²) < 4.78 is 43.2. The number of nitrogens with one attached hydrogen (secondary N) is 2. The zero-order chi connectivity index (χ0) is 28.3. The van der Waals surface area contributed by atoms with E-state index in [0.717, 1.165) is 5.56 Å². The fraction of sp³-hybridized carbons (Fsp3) is 0.310. The maximum atomic E-state index is 14.4. The van der Waals surface area contributed by atoms with Crippen molar-refractivity contribution in [3.05, 3.63) is 93.2 Å². The van der Waals surface area contributed by atoms with Gasteiger partial charge in [-0.2, -0.15) is 4.31 Å². The van der Waals surface area contributed by atoms with Gasteiger partial charge in [-0.05, 0) is 68.5 Å². The molecule has 0 radical (unpaired) electrons. The van der Waals surface area contributed by atoms with Gasteiger partial charge < -0.3 is 10.6 Å². The van der Waals surface area contributed by atoms with Crippen molar-refractivity contribution in [2.24, 2.45) is 5.92 Å². The van der Waals surface area contributed by atoms with Crippen molar-refractivity contribution in [2.45, 2.75) is 44.6 Å². The highest BCUT2D eigenvalue weighted by Crippen LogP contribution is 2.29. The van der Waals surface area contributed by atoms with Crippen molar-refractivity contribution in [1.29, 1.82) is 0 Å². The molecule has 0 bridgehead atoms. The van der Waals surface area contributed by atoms with Gasteiger partial charge in [-0.3, -0.25) is 9.59 Å². The topological polar surface area (TPSA) is 95.6 Å². The Morgan fingerprint density at radius 1 is 0.974 bits per heavy atom. The Morgan fingerprint density at radius 3 is 2.18 bits per heavy atom. The van der Waals surface area contributed by atoms with Gasteiger partial charge in [0, 0.05) is 23.5 Å². The molecule has 0 aromatic heterocycles. The number of benzene rings is 3. The van der Waals surface area contributed by atoms with Gasteiger partial charge in [-0.1, -0.05) is 64.0 Å². The van der Waals surface area contributed by atoms with Gasteiger partial charge in [0.05, 0.1) is 10.6 Å². The number of sulfonamides is 1. The number of rotatable bonds is 7. The second-order valence-electron chi connectivity index (χ2n) is 9.87. The van der Waals surface area contributed by atoms with Crippen LogP contribution in [0.5, 0.6) is 0 Å². The fourth-order valence-electron chi connectivity index (χ4n) is 5.06. The third-order valence-corrected chi connectivity index (χ3v) is 9.60. The molecule has 1 aliphatic heterocycles.